The third kappa shape index (κ3) is 3.84. The van der Waals surface area contributed by atoms with E-state index in [1.165, 1.54) is 10.5 Å². The molecule has 0 aromatic heterocycles. The van der Waals surface area contributed by atoms with Crippen molar-refractivity contribution in [1.29, 1.82) is 0 Å². The molecule has 0 radical (unpaired) electrons. The average molecular weight is 292 g/mol. The van der Waals surface area contributed by atoms with E-state index in [0.717, 1.165) is 6.42 Å². The van der Waals surface area contributed by atoms with Gasteiger partial charge in [0.1, 0.15) is 0 Å². The second-order valence-electron chi connectivity index (χ2n) is 4.39. The smallest absolute Gasteiger partial charge is 0.251 e. The lowest BCUT2D eigenvalue weighted by atomic mass is 10.1. The minimum Gasteiger partial charge on any atom is -0.295 e. The van der Waals surface area contributed by atoms with Crippen molar-refractivity contribution in [3.63, 3.8) is 0 Å². The number of halogens is 3. The van der Waals surface area contributed by atoms with E-state index in [1.807, 2.05) is 12.1 Å². The Labute approximate surface area is 115 Å². The summed E-state index contributed by atoms with van der Waals surface area (Å²) in [6.07, 6.45) is -1.33. The molecular formula is C13H16ClF2NS. The Balaban J connectivity index is 1.90. The van der Waals surface area contributed by atoms with Gasteiger partial charge >= 0.3 is 0 Å². The molecule has 1 aliphatic rings. The maximum atomic E-state index is 12.5. The lowest BCUT2D eigenvalue weighted by Crippen LogP contribution is -2.36. The molecule has 0 aliphatic carbocycles. The minimum absolute atomic E-state index is 0.180. The predicted octanol–water partition coefficient (Wildman–Crippen LogP) is 3.51. The van der Waals surface area contributed by atoms with Crippen molar-refractivity contribution in [1.82, 2.24) is 4.90 Å². The average Bonchev–Trinajstić information content (AvgIpc) is 2.70. The van der Waals surface area contributed by atoms with Crippen LogP contribution < -0.4 is 0 Å². The van der Waals surface area contributed by atoms with Crippen molar-refractivity contribution < 1.29 is 8.78 Å². The van der Waals surface area contributed by atoms with Crippen LogP contribution in [0, 0.1) is 0 Å². The molecule has 1 aliphatic heterocycles. The van der Waals surface area contributed by atoms with Gasteiger partial charge in [0.25, 0.3) is 6.43 Å². The van der Waals surface area contributed by atoms with E-state index < -0.39 is 6.43 Å². The Kier molecular flexibility index (Phi) is 5.27. The monoisotopic (exact) mass is 291 g/mol. The lowest BCUT2D eigenvalue weighted by Gasteiger charge is -2.23. The van der Waals surface area contributed by atoms with Crippen LogP contribution in [0.4, 0.5) is 8.78 Å². The van der Waals surface area contributed by atoms with Crippen LogP contribution in [0.3, 0.4) is 0 Å². The summed E-state index contributed by atoms with van der Waals surface area (Å²) in [5.41, 5.74) is 1.33. The second kappa shape index (κ2) is 6.73. The van der Waals surface area contributed by atoms with Gasteiger partial charge in [-0.05, 0) is 18.1 Å². The van der Waals surface area contributed by atoms with E-state index in [2.05, 4.69) is 12.1 Å². The summed E-state index contributed by atoms with van der Waals surface area (Å²) in [6.45, 7) is 1.02. The first-order valence-electron chi connectivity index (χ1n) is 6.00. The number of hydrogen-bond donors (Lipinski definition) is 0. The van der Waals surface area contributed by atoms with Crippen LogP contribution >= 0.6 is 23.4 Å². The van der Waals surface area contributed by atoms with Crippen LogP contribution in [-0.4, -0.2) is 42.1 Å². The largest absolute Gasteiger partial charge is 0.295 e. The van der Waals surface area contributed by atoms with E-state index in [9.17, 15) is 8.78 Å². The molecule has 0 N–H and O–H groups in total. The van der Waals surface area contributed by atoms with Crippen LogP contribution in [0.5, 0.6) is 0 Å². The van der Waals surface area contributed by atoms with Crippen LogP contribution in [-0.2, 0) is 6.42 Å². The normalized spacial score (nSPS) is 18.6. The number of thioether (sulfide) groups is 1. The van der Waals surface area contributed by atoms with Crippen molar-refractivity contribution >= 4 is 23.4 Å². The lowest BCUT2D eigenvalue weighted by molar-refractivity contribution is 0.0915. The van der Waals surface area contributed by atoms with Crippen molar-refractivity contribution in [3.05, 3.63) is 29.8 Å². The number of rotatable bonds is 6. The standard InChI is InChI=1S/C13H16ClF2NS/c14-5-6-17(9-13(15)16)8-11-7-10-3-1-2-4-12(10)18-11/h1-4,11,13H,5-9H2. The first-order chi connectivity index (χ1) is 8.69. The summed E-state index contributed by atoms with van der Waals surface area (Å²) >= 11 is 7.45. The molecule has 0 saturated carbocycles. The highest BCUT2D eigenvalue weighted by Gasteiger charge is 2.24. The highest BCUT2D eigenvalue weighted by molar-refractivity contribution is 8.00. The van der Waals surface area contributed by atoms with E-state index in [1.54, 1.807) is 16.7 Å². The molecule has 2 rings (SSSR count). The van der Waals surface area contributed by atoms with E-state index in [4.69, 9.17) is 11.6 Å². The highest BCUT2D eigenvalue weighted by atomic mass is 35.5. The molecule has 1 heterocycles. The fourth-order valence-corrected chi connectivity index (χ4v) is 3.82. The summed E-state index contributed by atoms with van der Waals surface area (Å²) in [7, 11) is 0. The number of fused-ring (bicyclic) bond motifs is 1. The summed E-state index contributed by atoms with van der Waals surface area (Å²) in [5.74, 6) is 0.400. The van der Waals surface area contributed by atoms with Gasteiger partial charge < -0.3 is 0 Å². The number of alkyl halides is 3. The molecule has 100 valence electrons. The Hall–Kier alpha value is -0.320. The molecule has 1 atom stereocenters. The van der Waals surface area contributed by atoms with Crippen molar-refractivity contribution in [3.8, 4) is 0 Å². The molecular weight excluding hydrogens is 276 g/mol. The predicted molar refractivity (Wildman–Crippen MR) is 73.0 cm³/mol. The van der Waals surface area contributed by atoms with Crippen molar-refractivity contribution in [2.24, 2.45) is 0 Å². The Morgan fingerprint density at radius 1 is 1.39 bits per heavy atom. The molecule has 18 heavy (non-hydrogen) atoms. The van der Waals surface area contributed by atoms with Gasteiger partial charge in [0.2, 0.25) is 0 Å². The molecule has 5 heteroatoms. The number of hydrogen-bond acceptors (Lipinski definition) is 2. The van der Waals surface area contributed by atoms with Gasteiger partial charge in [-0.15, -0.1) is 23.4 Å². The van der Waals surface area contributed by atoms with E-state index >= 15 is 0 Å². The Morgan fingerprint density at radius 2 is 2.17 bits per heavy atom. The number of nitrogens with zero attached hydrogens (tertiary/aromatic N) is 1. The van der Waals surface area contributed by atoms with E-state index in [-0.39, 0.29) is 6.54 Å². The Morgan fingerprint density at radius 3 is 2.83 bits per heavy atom. The molecule has 0 amide bonds. The third-order valence-corrected chi connectivity index (χ3v) is 4.44. The van der Waals surface area contributed by atoms with Crippen LogP contribution in [0.15, 0.2) is 29.2 Å². The Bertz CT molecular complexity index is 364. The zero-order valence-electron chi connectivity index (χ0n) is 9.99. The maximum absolute atomic E-state index is 12.5. The molecule has 0 bridgehead atoms. The van der Waals surface area contributed by atoms with Crippen LogP contribution in [0.1, 0.15) is 5.56 Å². The first-order valence-corrected chi connectivity index (χ1v) is 7.41. The van der Waals surface area contributed by atoms with Crippen molar-refractivity contribution in [2.45, 2.75) is 23.0 Å². The van der Waals surface area contributed by atoms with Gasteiger partial charge in [0, 0.05) is 29.1 Å². The fraction of sp³-hybridized carbons (Fsp3) is 0.538. The maximum Gasteiger partial charge on any atom is 0.251 e. The molecule has 0 spiro atoms. The topological polar surface area (TPSA) is 3.24 Å². The third-order valence-electron chi connectivity index (χ3n) is 2.97. The summed E-state index contributed by atoms with van der Waals surface area (Å²) in [5, 5.41) is 0.365. The molecule has 1 unspecified atom stereocenters. The molecule has 1 nitrogen and oxygen atoms in total. The van der Waals surface area contributed by atoms with Gasteiger partial charge in [-0.3, -0.25) is 4.90 Å². The zero-order valence-corrected chi connectivity index (χ0v) is 11.6. The van der Waals surface area contributed by atoms with Gasteiger partial charge in [-0.25, -0.2) is 8.78 Å². The second-order valence-corrected chi connectivity index (χ2v) is 6.11. The minimum atomic E-state index is -2.29. The first kappa shape index (κ1) is 14.1. The summed E-state index contributed by atoms with van der Waals surface area (Å²) < 4.78 is 24.9. The molecule has 1 aromatic carbocycles. The van der Waals surface area contributed by atoms with Crippen LogP contribution in [0.2, 0.25) is 0 Å². The molecule has 1 aromatic rings. The van der Waals surface area contributed by atoms with Crippen LogP contribution in [0.25, 0.3) is 0 Å². The molecule has 0 fully saturated rings. The summed E-state index contributed by atoms with van der Waals surface area (Å²) in [4.78, 5) is 3.05. The summed E-state index contributed by atoms with van der Waals surface area (Å²) in [6, 6.07) is 8.25. The van der Waals surface area contributed by atoms with Crippen molar-refractivity contribution in [2.75, 3.05) is 25.5 Å². The SMILES string of the molecule is FC(F)CN(CCCl)CC1Cc2ccccc2S1. The highest BCUT2D eigenvalue weighted by Crippen LogP contribution is 2.37. The van der Waals surface area contributed by atoms with Gasteiger partial charge in [0.15, 0.2) is 0 Å². The molecule has 0 saturated heterocycles. The zero-order chi connectivity index (χ0) is 13.0. The number of benzene rings is 1. The van der Waals surface area contributed by atoms with Gasteiger partial charge in [-0.2, -0.15) is 0 Å². The fourth-order valence-electron chi connectivity index (χ4n) is 2.22. The van der Waals surface area contributed by atoms with E-state index in [0.29, 0.717) is 24.2 Å². The quantitative estimate of drug-likeness (QED) is 0.738. The van der Waals surface area contributed by atoms with Gasteiger partial charge in [0.05, 0.1) is 6.54 Å². The van der Waals surface area contributed by atoms with Gasteiger partial charge in [-0.1, -0.05) is 18.2 Å².